The van der Waals surface area contributed by atoms with E-state index in [1.807, 2.05) is 0 Å². The second kappa shape index (κ2) is 5.23. The molecule has 2 rings (SSSR count). The van der Waals surface area contributed by atoms with Crippen LogP contribution in [0.2, 0.25) is 0 Å². The molecule has 0 aromatic heterocycles. The van der Waals surface area contributed by atoms with E-state index in [2.05, 4.69) is 38.1 Å². The molecule has 1 saturated carbocycles. The highest BCUT2D eigenvalue weighted by atomic mass is 35.5. The summed E-state index contributed by atoms with van der Waals surface area (Å²) in [6.45, 7) is 4.50. The van der Waals surface area contributed by atoms with Gasteiger partial charge >= 0.3 is 0 Å². The first-order chi connectivity index (χ1) is 7.72. The Balaban J connectivity index is 2.02. The minimum absolute atomic E-state index is 0.197. The first-order valence-electron chi connectivity index (χ1n) is 6.45. The lowest BCUT2D eigenvalue weighted by Gasteiger charge is -2.18. The summed E-state index contributed by atoms with van der Waals surface area (Å²) in [5.74, 6) is 1.50. The smallest absolute Gasteiger partial charge is 0.0613 e. The molecule has 0 nitrogen and oxygen atoms in total. The van der Waals surface area contributed by atoms with Gasteiger partial charge in [0.2, 0.25) is 0 Å². The summed E-state index contributed by atoms with van der Waals surface area (Å²) in [6.07, 6.45) is 5.13. The van der Waals surface area contributed by atoms with Gasteiger partial charge in [0.1, 0.15) is 0 Å². The van der Waals surface area contributed by atoms with Gasteiger partial charge in [-0.3, -0.25) is 0 Å². The lowest BCUT2D eigenvalue weighted by atomic mass is 9.95. The van der Waals surface area contributed by atoms with E-state index in [-0.39, 0.29) is 5.38 Å². The molecule has 1 aromatic rings. The van der Waals surface area contributed by atoms with Crippen molar-refractivity contribution in [3.8, 4) is 0 Å². The Morgan fingerprint density at radius 3 is 2.38 bits per heavy atom. The third-order valence-electron chi connectivity index (χ3n) is 3.66. The summed E-state index contributed by atoms with van der Waals surface area (Å²) in [5.41, 5.74) is 2.72. The average molecular weight is 237 g/mol. The van der Waals surface area contributed by atoms with Crippen LogP contribution in [0.25, 0.3) is 0 Å². The van der Waals surface area contributed by atoms with Crippen LogP contribution in [0.15, 0.2) is 24.3 Å². The molecule has 1 aromatic carbocycles. The van der Waals surface area contributed by atoms with E-state index in [0.717, 1.165) is 5.92 Å². The van der Waals surface area contributed by atoms with Gasteiger partial charge in [0.15, 0.2) is 0 Å². The van der Waals surface area contributed by atoms with Gasteiger partial charge in [-0.15, -0.1) is 11.6 Å². The number of hydrogen-bond donors (Lipinski definition) is 0. The Bertz CT molecular complexity index is 324. The molecule has 2 unspecified atom stereocenters. The predicted octanol–water partition coefficient (Wildman–Crippen LogP) is 4.97. The number of rotatable bonds is 5. The summed E-state index contributed by atoms with van der Waals surface area (Å²) in [6, 6.07) is 8.88. The largest absolute Gasteiger partial charge is 0.118 e. The van der Waals surface area contributed by atoms with Crippen LogP contribution in [0.1, 0.15) is 49.6 Å². The Kier molecular flexibility index (Phi) is 3.91. The highest BCUT2D eigenvalue weighted by Crippen LogP contribution is 2.45. The molecule has 88 valence electrons. The molecule has 1 fully saturated rings. The van der Waals surface area contributed by atoms with Gasteiger partial charge in [-0.1, -0.05) is 44.5 Å². The number of hydrogen-bond acceptors (Lipinski definition) is 0. The van der Waals surface area contributed by atoms with Crippen LogP contribution in [-0.2, 0) is 6.42 Å². The van der Waals surface area contributed by atoms with E-state index in [1.54, 1.807) is 0 Å². The van der Waals surface area contributed by atoms with Gasteiger partial charge in [-0.25, -0.2) is 0 Å². The standard InChI is InChI=1S/C15H21Cl/c1-3-4-12-5-7-14(8-6-12)15(16)11(2)13-9-10-13/h5-8,11,13,15H,3-4,9-10H2,1-2H3. The van der Waals surface area contributed by atoms with Crippen molar-refractivity contribution in [1.29, 1.82) is 0 Å². The van der Waals surface area contributed by atoms with Gasteiger partial charge in [-0.2, -0.15) is 0 Å². The maximum atomic E-state index is 6.52. The van der Waals surface area contributed by atoms with Gasteiger partial charge in [0, 0.05) is 0 Å². The van der Waals surface area contributed by atoms with E-state index in [1.165, 1.54) is 36.8 Å². The molecule has 16 heavy (non-hydrogen) atoms. The van der Waals surface area contributed by atoms with Gasteiger partial charge in [0.25, 0.3) is 0 Å². The highest BCUT2D eigenvalue weighted by molar-refractivity contribution is 6.21. The van der Waals surface area contributed by atoms with E-state index in [4.69, 9.17) is 11.6 Å². The molecule has 0 heterocycles. The van der Waals surface area contributed by atoms with Crippen molar-refractivity contribution in [1.82, 2.24) is 0 Å². The van der Waals surface area contributed by atoms with Crippen molar-refractivity contribution in [2.75, 3.05) is 0 Å². The Labute approximate surface area is 104 Å². The number of alkyl halides is 1. The topological polar surface area (TPSA) is 0 Å². The van der Waals surface area contributed by atoms with Crippen LogP contribution < -0.4 is 0 Å². The molecule has 1 aliphatic rings. The lowest BCUT2D eigenvalue weighted by molar-refractivity contribution is 0.491. The molecule has 0 spiro atoms. The molecular weight excluding hydrogens is 216 g/mol. The van der Waals surface area contributed by atoms with E-state index >= 15 is 0 Å². The van der Waals surface area contributed by atoms with Gasteiger partial charge in [0.05, 0.1) is 5.38 Å². The Morgan fingerprint density at radius 1 is 1.25 bits per heavy atom. The third kappa shape index (κ3) is 2.79. The van der Waals surface area contributed by atoms with Crippen LogP contribution in [0, 0.1) is 11.8 Å². The van der Waals surface area contributed by atoms with Crippen molar-refractivity contribution >= 4 is 11.6 Å². The Hall–Kier alpha value is -0.490. The van der Waals surface area contributed by atoms with E-state index < -0.39 is 0 Å². The molecule has 0 radical (unpaired) electrons. The molecule has 1 heteroatoms. The van der Waals surface area contributed by atoms with Crippen molar-refractivity contribution < 1.29 is 0 Å². The average Bonchev–Trinajstić information content (AvgIpc) is 3.12. The molecule has 1 aliphatic carbocycles. The predicted molar refractivity (Wildman–Crippen MR) is 70.9 cm³/mol. The molecular formula is C15H21Cl. The molecule has 2 atom stereocenters. The molecule has 0 bridgehead atoms. The van der Waals surface area contributed by atoms with E-state index in [0.29, 0.717) is 5.92 Å². The highest BCUT2D eigenvalue weighted by Gasteiger charge is 2.32. The van der Waals surface area contributed by atoms with Crippen LogP contribution in [0.4, 0.5) is 0 Å². The van der Waals surface area contributed by atoms with Crippen LogP contribution in [0.5, 0.6) is 0 Å². The minimum atomic E-state index is 0.197. The van der Waals surface area contributed by atoms with Crippen LogP contribution in [-0.4, -0.2) is 0 Å². The third-order valence-corrected chi connectivity index (χ3v) is 4.31. The zero-order valence-corrected chi connectivity index (χ0v) is 11.0. The number of halogens is 1. The Morgan fingerprint density at radius 2 is 1.88 bits per heavy atom. The molecule has 0 amide bonds. The first kappa shape index (κ1) is 12.0. The monoisotopic (exact) mass is 236 g/mol. The zero-order valence-electron chi connectivity index (χ0n) is 10.2. The van der Waals surface area contributed by atoms with Crippen molar-refractivity contribution in [2.45, 2.75) is 44.9 Å². The molecule has 0 aliphatic heterocycles. The van der Waals surface area contributed by atoms with Crippen molar-refractivity contribution in [2.24, 2.45) is 11.8 Å². The minimum Gasteiger partial charge on any atom is -0.118 e. The summed E-state index contributed by atoms with van der Waals surface area (Å²) in [4.78, 5) is 0. The maximum Gasteiger partial charge on any atom is 0.0613 e. The fourth-order valence-electron chi connectivity index (χ4n) is 2.32. The van der Waals surface area contributed by atoms with Crippen molar-refractivity contribution in [3.63, 3.8) is 0 Å². The SMILES string of the molecule is CCCc1ccc(C(Cl)C(C)C2CC2)cc1. The van der Waals surface area contributed by atoms with Crippen LogP contribution in [0.3, 0.4) is 0 Å². The second-order valence-corrected chi connectivity index (χ2v) is 5.56. The fraction of sp³-hybridized carbons (Fsp3) is 0.600. The van der Waals surface area contributed by atoms with Gasteiger partial charge in [-0.05, 0) is 42.2 Å². The summed E-state index contributed by atoms with van der Waals surface area (Å²) < 4.78 is 0. The quantitative estimate of drug-likeness (QED) is 0.634. The van der Waals surface area contributed by atoms with E-state index in [9.17, 15) is 0 Å². The lowest BCUT2D eigenvalue weighted by Crippen LogP contribution is -2.06. The van der Waals surface area contributed by atoms with Crippen LogP contribution >= 0.6 is 11.6 Å². The summed E-state index contributed by atoms with van der Waals surface area (Å²) >= 11 is 6.52. The normalized spacial score (nSPS) is 19.4. The summed E-state index contributed by atoms with van der Waals surface area (Å²) in [7, 11) is 0. The molecule has 0 saturated heterocycles. The fourth-order valence-corrected chi connectivity index (χ4v) is 2.67. The second-order valence-electron chi connectivity index (χ2n) is 5.09. The maximum absolute atomic E-state index is 6.52. The first-order valence-corrected chi connectivity index (χ1v) is 6.89. The molecule has 0 N–H and O–H groups in total. The number of aryl methyl sites for hydroxylation is 1. The number of benzene rings is 1. The summed E-state index contributed by atoms with van der Waals surface area (Å²) in [5, 5.41) is 0.197. The van der Waals surface area contributed by atoms with Gasteiger partial charge < -0.3 is 0 Å². The van der Waals surface area contributed by atoms with Crippen molar-refractivity contribution in [3.05, 3.63) is 35.4 Å². The zero-order chi connectivity index (χ0) is 11.5.